The van der Waals surface area contributed by atoms with E-state index in [1.807, 2.05) is 18.5 Å². The molecular weight excluding hydrogens is 366 g/mol. The second-order valence-corrected chi connectivity index (χ2v) is 8.95. The number of hydrogen-bond donors (Lipinski definition) is 0. The zero-order valence-electron chi connectivity index (χ0n) is 15.6. The van der Waals surface area contributed by atoms with E-state index in [1.165, 1.54) is 28.9 Å². The van der Waals surface area contributed by atoms with Crippen LogP contribution in [0.1, 0.15) is 23.5 Å². The predicted octanol–water partition coefficient (Wildman–Crippen LogP) is 4.10. The van der Waals surface area contributed by atoms with Gasteiger partial charge in [-0.2, -0.15) is 5.10 Å². The molecule has 0 saturated carbocycles. The van der Waals surface area contributed by atoms with Gasteiger partial charge < -0.3 is 0 Å². The predicted molar refractivity (Wildman–Crippen MR) is 111 cm³/mol. The standard InChI is InChI=1S/C22H21N5S/c1-2-4-18-16(3-1)11-17(13-24-18)19-12-20-22(6-9-27(20)25-19)5-8-26(15-22)14-21-23-7-10-28-21/h1-4,7,10-13H,5-6,8-9,14-15H2. The van der Waals surface area contributed by atoms with E-state index >= 15 is 0 Å². The molecule has 5 nitrogen and oxygen atoms in total. The van der Waals surface area contributed by atoms with Crippen LogP contribution in [0.3, 0.4) is 0 Å². The Morgan fingerprint density at radius 3 is 2.93 bits per heavy atom. The Morgan fingerprint density at radius 2 is 2.00 bits per heavy atom. The van der Waals surface area contributed by atoms with E-state index in [0.29, 0.717) is 0 Å². The summed E-state index contributed by atoms with van der Waals surface area (Å²) in [6.07, 6.45) is 6.26. The number of rotatable bonds is 3. The summed E-state index contributed by atoms with van der Waals surface area (Å²) >= 11 is 1.75. The minimum Gasteiger partial charge on any atom is -0.296 e. The van der Waals surface area contributed by atoms with E-state index in [-0.39, 0.29) is 5.41 Å². The highest BCUT2D eigenvalue weighted by molar-refractivity contribution is 7.09. The molecule has 6 rings (SSSR count). The molecule has 3 aromatic heterocycles. The van der Waals surface area contributed by atoms with Crippen LogP contribution in [0, 0.1) is 0 Å². The van der Waals surface area contributed by atoms with Gasteiger partial charge in [0.05, 0.1) is 17.8 Å². The van der Waals surface area contributed by atoms with Crippen molar-refractivity contribution in [1.82, 2.24) is 24.6 Å². The monoisotopic (exact) mass is 387 g/mol. The summed E-state index contributed by atoms with van der Waals surface area (Å²) < 4.78 is 2.23. The summed E-state index contributed by atoms with van der Waals surface area (Å²) in [4.78, 5) is 11.6. The van der Waals surface area contributed by atoms with Gasteiger partial charge >= 0.3 is 0 Å². The number of aryl methyl sites for hydroxylation is 1. The van der Waals surface area contributed by atoms with Crippen molar-refractivity contribution in [3.63, 3.8) is 0 Å². The molecule has 140 valence electrons. The minimum absolute atomic E-state index is 0.243. The van der Waals surface area contributed by atoms with Crippen LogP contribution < -0.4 is 0 Å². The average molecular weight is 388 g/mol. The molecule has 1 aromatic carbocycles. The zero-order chi connectivity index (χ0) is 18.6. The number of fused-ring (bicyclic) bond motifs is 3. The van der Waals surface area contributed by atoms with Crippen LogP contribution >= 0.6 is 11.3 Å². The van der Waals surface area contributed by atoms with Gasteiger partial charge in [0.2, 0.25) is 0 Å². The number of thiazole rings is 1. The number of hydrogen-bond acceptors (Lipinski definition) is 5. The normalized spacial score (nSPS) is 21.7. The van der Waals surface area contributed by atoms with Crippen LogP contribution in [0.4, 0.5) is 0 Å². The molecule has 28 heavy (non-hydrogen) atoms. The molecule has 1 fully saturated rings. The third-order valence-corrected chi connectivity index (χ3v) is 7.05. The Labute approximate surface area is 167 Å². The Bertz CT molecular complexity index is 1150. The van der Waals surface area contributed by atoms with E-state index in [4.69, 9.17) is 5.10 Å². The molecule has 1 spiro atoms. The van der Waals surface area contributed by atoms with Crippen molar-refractivity contribution in [3.8, 4) is 11.3 Å². The van der Waals surface area contributed by atoms with Crippen LogP contribution in [-0.4, -0.2) is 37.7 Å². The van der Waals surface area contributed by atoms with Crippen molar-refractivity contribution in [2.24, 2.45) is 0 Å². The minimum atomic E-state index is 0.243. The maximum Gasteiger partial charge on any atom is 0.107 e. The fraction of sp³-hybridized carbons (Fsp3) is 0.318. The quantitative estimate of drug-likeness (QED) is 0.531. The van der Waals surface area contributed by atoms with Crippen molar-refractivity contribution in [3.05, 3.63) is 64.9 Å². The molecule has 2 aliphatic heterocycles. The summed E-state index contributed by atoms with van der Waals surface area (Å²) in [6, 6.07) is 12.8. The van der Waals surface area contributed by atoms with E-state index < -0.39 is 0 Å². The molecule has 0 aliphatic carbocycles. The Hall–Kier alpha value is -2.57. The Balaban J connectivity index is 1.30. The largest absolute Gasteiger partial charge is 0.296 e. The lowest BCUT2D eigenvalue weighted by Gasteiger charge is -2.23. The number of benzene rings is 1. The fourth-order valence-corrected chi connectivity index (χ4v) is 5.50. The molecule has 0 bridgehead atoms. The van der Waals surface area contributed by atoms with Crippen molar-refractivity contribution in [1.29, 1.82) is 0 Å². The van der Waals surface area contributed by atoms with Gasteiger partial charge in [-0.3, -0.25) is 14.6 Å². The van der Waals surface area contributed by atoms with E-state index in [1.54, 1.807) is 11.3 Å². The molecule has 6 heteroatoms. The highest BCUT2D eigenvalue weighted by atomic mass is 32.1. The first-order valence-corrected chi connectivity index (χ1v) is 10.7. The molecule has 5 heterocycles. The number of aromatic nitrogens is 4. The maximum atomic E-state index is 4.94. The summed E-state index contributed by atoms with van der Waals surface area (Å²) in [5.41, 5.74) is 4.83. The SMILES string of the molecule is c1ccc2ncc(-c3cc4n(n3)CCC43CCN(Cc4nccs4)C3)cc2c1. The van der Waals surface area contributed by atoms with Crippen molar-refractivity contribution >= 4 is 22.2 Å². The van der Waals surface area contributed by atoms with Gasteiger partial charge in [0, 0.05) is 52.9 Å². The fourth-order valence-electron chi connectivity index (χ4n) is 4.84. The number of nitrogens with zero attached hydrogens (tertiary/aromatic N) is 5. The first-order valence-electron chi connectivity index (χ1n) is 9.83. The summed E-state index contributed by atoms with van der Waals surface area (Å²) in [7, 11) is 0. The average Bonchev–Trinajstić information content (AvgIpc) is 3.50. The van der Waals surface area contributed by atoms with Crippen LogP contribution in [0.25, 0.3) is 22.2 Å². The first kappa shape index (κ1) is 16.4. The number of para-hydroxylation sites is 1. The van der Waals surface area contributed by atoms with E-state index in [9.17, 15) is 0 Å². The van der Waals surface area contributed by atoms with Gasteiger partial charge in [0.25, 0.3) is 0 Å². The molecule has 2 aliphatic rings. The first-order chi connectivity index (χ1) is 13.8. The van der Waals surface area contributed by atoms with Gasteiger partial charge in [-0.25, -0.2) is 4.98 Å². The third kappa shape index (κ3) is 2.59. The highest BCUT2D eigenvalue weighted by Gasteiger charge is 2.45. The smallest absolute Gasteiger partial charge is 0.107 e. The van der Waals surface area contributed by atoms with Crippen LogP contribution in [0.15, 0.2) is 54.2 Å². The second-order valence-electron chi connectivity index (χ2n) is 7.97. The molecule has 1 unspecified atom stereocenters. The molecule has 0 amide bonds. The van der Waals surface area contributed by atoms with E-state index in [0.717, 1.165) is 43.0 Å². The molecule has 1 atom stereocenters. The van der Waals surface area contributed by atoms with Crippen molar-refractivity contribution in [2.45, 2.75) is 31.3 Å². The number of pyridine rings is 1. The highest BCUT2D eigenvalue weighted by Crippen LogP contribution is 2.44. The van der Waals surface area contributed by atoms with Crippen LogP contribution in [0.5, 0.6) is 0 Å². The third-order valence-electron chi connectivity index (χ3n) is 6.29. The van der Waals surface area contributed by atoms with Gasteiger partial charge in [0.1, 0.15) is 5.01 Å². The lowest BCUT2D eigenvalue weighted by molar-refractivity contribution is 0.301. The van der Waals surface area contributed by atoms with Crippen LogP contribution in [-0.2, 0) is 18.5 Å². The Morgan fingerprint density at radius 1 is 1.07 bits per heavy atom. The zero-order valence-corrected chi connectivity index (χ0v) is 16.4. The molecule has 0 radical (unpaired) electrons. The second kappa shape index (κ2) is 6.22. The van der Waals surface area contributed by atoms with Gasteiger partial charge in [0.15, 0.2) is 0 Å². The molecule has 0 N–H and O–H groups in total. The van der Waals surface area contributed by atoms with Gasteiger partial charge in [-0.15, -0.1) is 11.3 Å². The lowest BCUT2D eigenvalue weighted by atomic mass is 9.82. The van der Waals surface area contributed by atoms with Crippen LogP contribution in [0.2, 0.25) is 0 Å². The van der Waals surface area contributed by atoms with Gasteiger partial charge in [-0.05, 0) is 37.6 Å². The topological polar surface area (TPSA) is 46.8 Å². The molecule has 4 aromatic rings. The molecule has 1 saturated heterocycles. The van der Waals surface area contributed by atoms with E-state index in [2.05, 4.69) is 55.3 Å². The lowest BCUT2D eigenvalue weighted by Crippen LogP contribution is -2.28. The number of likely N-dealkylation sites (tertiary alicyclic amines) is 1. The summed E-state index contributed by atoms with van der Waals surface area (Å²) in [5, 5.41) is 9.38. The van der Waals surface area contributed by atoms with Crippen molar-refractivity contribution < 1.29 is 0 Å². The Kier molecular flexibility index (Phi) is 3.64. The van der Waals surface area contributed by atoms with Crippen molar-refractivity contribution in [2.75, 3.05) is 13.1 Å². The van der Waals surface area contributed by atoms with Gasteiger partial charge in [-0.1, -0.05) is 18.2 Å². The summed E-state index contributed by atoms with van der Waals surface area (Å²) in [6.45, 7) is 4.22. The summed E-state index contributed by atoms with van der Waals surface area (Å²) in [5.74, 6) is 0. The maximum absolute atomic E-state index is 4.94. The molecular formula is C22H21N5S.